The highest BCUT2D eigenvalue weighted by Crippen LogP contribution is 2.44. The maximum absolute atomic E-state index is 13.8. The molecule has 0 fully saturated rings. The summed E-state index contributed by atoms with van der Waals surface area (Å²) in [5.74, 6) is 2.73. The zero-order chi connectivity index (χ0) is 27.1. The van der Waals surface area contributed by atoms with Gasteiger partial charge in [-0.3, -0.25) is 9.89 Å². The maximum Gasteiger partial charge on any atom is 0.420 e. The molecule has 0 unspecified atom stereocenters. The molecule has 1 amide bonds. The molecule has 0 saturated heterocycles. The first kappa shape index (κ1) is 28.2. The van der Waals surface area contributed by atoms with Gasteiger partial charge in [-0.05, 0) is 36.4 Å². The van der Waals surface area contributed by atoms with Gasteiger partial charge in [0, 0.05) is 36.3 Å². The minimum Gasteiger partial charge on any atom is -0.409 e. The van der Waals surface area contributed by atoms with Crippen LogP contribution in [-0.4, -0.2) is 37.6 Å². The molecule has 2 aromatic carbocycles. The van der Waals surface area contributed by atoms with E-state index in [2.05, 4.69) is 16.8 Å². The second-order valence-corrected chi connectivity index (χ2v) is 6.90. The summed E-state index contributed by atoms with van der Waals surface area (Å²) in [6.45, 7) is -0.745. The van der Waals surface area contributed by atoms with Crippen LogP contribution in [0.25, 0.3) is 5.57 Å². The average molecular weight is 517 g/mol. The summed E-state index contributed by atoms with van der Waals surface area (Å²) in [5, 5.41) is 8.63. The molecule has 0 aliphatic rings. The van der Waals surface area contributed by atoms with Crippen molar-refractivity contribution in [2.45, 2.75) is 12.4 Å². The topological polar surface area (TPSA) is 88.2 Å². The molecule has 192 valence electrons. The summed E-state index contributed by atoms with van der Waals surface area (Å²) >= 11 is 0. The van der Waals surface area contributed by atoms with E-state index in [1.807, 2.05) is 0 Å². The molecule has 0 aromatic heterocycles. The zero-order valence-electron chi connectivity index (χ0n) is 18.4. The number of nitrogens with zero attached hydrogens (tertiary/aromatic N) is 2. The SMILES string of the molecule is CN(C(=O)Oc1c(C(C=NCC#CCO)=CN)cc(C(F)(F)F)cc1C(F)(F)F)c1ccc(F)cc1. The Bertz CT molecular complexity index is 1210. The third-order valence-electron chi connectivity index (χ3n) is 4.49. The number of hydrogen-bond acceptors (Lipinski definition) is 5. The van der Waals surface area contributed by atoms with E-state index in [0.29, 0.717) is 12.3 Å². The van der Waals surface area contributed by atoms with Crippen LogP contribution < -0.4 is 15.4 Å². The largest absolute Gasteiger partial charge is 0.420 e. The first-order valence-electron chi connectivity index (χ1n) is 9.81. The van der Waals surface area contributed by atoms with Gasteiger partial charge >= 0.3 is 18.4 Å². The van der Waals surface area contributed by atoms with Crippen molar-refractivity contribution in [3.63, 3.8) is 0 Å². The average Bonchev–Trinajstić information content (AvgIpc) is 2.80. The van der Waals surface area contributed by atoms with Crippen molar-refractivity contribution in [3.05, 3.63) is 65.1 Å². The van der Waals surface area contributed by atoms with Gasteiger partial charge in [0.25, 0.3) is 0 Å². The van der Waals surface area contributed by atoms with Crippen molar-refractivity contribution >= 4 is 23.6 Å². The molecule has 2 rings (SSSR count). The van der Waals surface area contributed by atoms with Crippen molar-refractivity contribution in [1.82, 2.24) is 0 Å². The number of aliphatic imine (C=N–C) groups is 1. The summed E-state index contributed by atoms with van der Waals surface area (Å²) < 4.78 is 99.9. The monoisotopic (exact) mass is 517 g/mol. The predicted octanol–water partition coefficient (Wildman–Crippen LogP) is 4.86. The van der Waals surface area contributed by atoms with Crippen LogP contribution in [0.15, 0.2) is 47.6 Å². The summed E-state index contributed by atoms with van der Waals surface area (Å²) in [7, 11) is 1.10. The second kappa shape index (κ2) is 11.6. The Morgan fingerprint density at radius 2 is 1.75 bits per heavy atom. The first-order valence-corrected chi connectivity index (χ1v) is 9.81. The Morgan fingerprint density at radius 3 is 2.28 bits per heavy atom. The maximum atomic E-state index is 13.8. The molecular weight excluding hydrogens is 499 g/mol. The molecule has 6 nitrogen and oxygen atoms in total. The number of amides is 1. The molecule has 0 aliphatic carbocycles. The quantitative estimate of drug-likeness (QED) is 0.337. The van der Waals surface area contributed by atoms with E-state index in [9.17, 15) is 35.5 Å². The smallest absolute Gasteiger partial charge is 0.409 e. The van der Waals surface area contributed by atoms with Crippen LogP contribution in [0.2, 0.25) is 0 Å². The minimum atomic E-state index is -5.37. The standard InChI is InChI=1S/C23H18F7N3O3/c1-33(17-6-4-16(24)5-7-17)21(35)36-20-18(14(12-31)13-32-8-2-3-9-34)10-15(22(25,26)27)11-19(20)23(28,29)30/h4-7,10-13,34H,8-9,31H2,1H3. The number of aliphatic hydroxyl groups excluding tert-OH is 1. The number of alkyl halides is 6. The second-order valence-electron chi connectivity index (χ2n) is 6.90. The fourth-order valence-corrected chi connectivity index (χ4v) is 2.76. The number of benzene rings is 2. The normalized spacial score (nSPS) is 12.3. The number of anilines is 1. The Hall–Kier alpha value is -4.05. The van der Waals surface area contributed by atoms with Crippen LogP contribution in [0.5, 0.6) is 5.75 Å². The number of halogens is 7. The Kier molecular flexibility index (Phi) is 9.07. The van der Waals surface area contributed by atoms with E-state index in [4.69, 9.17) is 15.6 Å². The van der Waals surface area contributed by atoms with Gasteiger partial charge in [-0.25, -0.2) is 9.18 Å². The van der Waals surface area contributed by atoms with Crippen LogP contribution in [0.4, 0.5) is 41.2 Å². The highest BCUT2D eigenvalue weighted by molar-refractivity contribution is 6.11. The third-order valence-corrected chi connectivity index (χ3v) is 4.49. The molecule has 0 atom stereocenters. The number of allylic oxidation sites excluding steroid dienone is 1. The lowest BCUT2D eigenvalue weighted by Gasteiger charge is -2.22. The van der Waals surface area contributed by atoms with Gasteiger partial charge in [0.1, 0.15) is 12.4 Å². The highest BCUT2D eigenvalue weighted by atomic mass is 19.4. The molecule has 0 radical (unpaired) electrons. The van der Waals surface area contributed by atoms with E-state index in [-0.39, 0.29) is 18.3 Å². The van der Waals surface area contributed by atoms with Crippen LogP contribution >= 0.6 is 0 Å². The van der Waals surface area contributed by atoms with E-state index in [0.717, 1.165) is 42.4 Å². The molecule has 0 heterocycles. The van der Waals surface area contributed by atoms with Crippen LogP contribution in [0, 0.1) is 17.7 Å². The summed E-state index contributed by atoms with van der Waals surface area (Å²) in [6, 6.07) is 4.38. The van der Waals surface area contributed by atoms with Crippen molar-refractivity contribution in [3.8, 4) is 17.6 Å². The predicted molar refractivity (Wildman–Crippen MR) is 118 cm³/mol. The van der Waals surface area contributed by atoms with Crippen LogP contribution in [-0.2, 0) is 12.4 Å². The fraction of sp³-hybridized carbons (Fsp3) is 0.217. The summed E-state index contributed by atoms with van der Waals surface area (Å²) in [6.07, 6.45) is -10.4. The molecule has 13 heteroatoms. The summed E-state index contributed by atoms with van der Waals surface area (Å²) in [4.78, 5) is 17.1. The molecule has 0 aliphatic heterocycles. The number of hydrogen-bond donors (Lipinski definition) is 2. The van der Waals surface area contributed by atoms with Crippen molar-refractivity contribution < 1.29 is 45.4 Å². The van der Waals surface area contributed by atoms with Gasteiger partial charge in [-0.15, -0.1) is 0 Å². The van der Waals surface area contributed by atoms with Gasteiger partial charge in [0.05, 0.1) is 17.7 Å². The Balaban J connectivity index is 2.67. The molecule has 0 bridgehead atoms. The number of carbonyl (C=O) groups is 1. The zero-order valence-corrected chi connectivity index (χ0v) is 18.4. The molecule has 0 spiro atoms. The molecule has 3 N–H and O–H groups in total. The van der Waals surface area contributed by atoms with Gasteiger partial charge < -0.3 is 15.6 Å². The number of aliphatic hydroxyl groups is 1. The Labute approximate surface area is 200 Å². The lowest BCUT2D eigenvalue weighted by molar-refractivity contribution is -0.143. The number of ether oxygens (including phenoxy) is 1. The van der Waals surface area contributed by atoms with E-state index in [1.165, 1.54) is 0 Å². The number of rotatable bonds is 5. The van der Waals surface area contributed by atoms with Gasteiger partial charge in [0.15, 0.2) is 5.75 Å². The highest BCUT2D eigenvalue weighted by Gasteiger charge is 2.41. The van der Waals surface area contributed by atoms with Gasteiger partial charge in [-0.1, -0.05) is 11.8 Å². The molecule has 0 saturated carbocycles. The molecular formula is C23H18F7N3O3. The minimum absolute atomic E-state index is 0.0297. The number of carbonyl (C=O) groups excluding carboxylic acids is 1. The van der Waals surface area contributed by atoms with Gasteiger partial charge in [-0.2, -0.15) is 26.3 Å². The van der Waals surface area contributed by atoms with Crippen LogP contribution in [0.3, 0.4) is 0 Å². The molecule has 36 heavy (non-hydrogen) atoms. The third kappa shape index (κ3) is 7.22. The van der Waals surface area contributed by atoms with E-state index >= 15 is 0 Å². The van der Waals surface area contributed by atoms with Crippen molar-refractivity contribution in [1.29, 1.82) is 0 Å². The summed E-state index contributed by atoms with van der Waals surface area (Å²) in [5.41, 5.74) is 0.655. The van der Waals surface area contributed by atoms with Crippen LogP contribution in [0.1, 0.15) is 16.7 Å². The molecule has 2 aromatic rings. The van der Waals surface area contributed by atoms with Gasteiger partial charge in [0.2, 0.25) is 0 Å². The van der Waals surface area contributed by atoms with Crippen molar-refractivity contribution in [2.75, 3.05) is 25.1 Å². The first-order chi connectivity index (χ1) is 16.8. The van der Waals surface area contributed by atoms with E-state index < -0.39 is 58.9 Å². The lowest BCUT2D eigenvalue weighted by Crippen LogP contribution is -2.30. The Morgan fingerprint density at radius 1 is 1.11 bits per heavy atom. The number of nitrogens with two attached hydrogens (primary N) is 1. The van der Waals surface area contributed by atoms with Crippen molar-refractivity contribution in [2.24, 2.45) is 10.7 Å². The lowest BCUT2D eigenvalue weighted by atomic mass is 9.98. The fourth-order valence-electron chi connectivity index (χ4n) is 2.76. The van der Waals surface area contributed by atoms with E-state index in [1.54, 1.807) is 0 Å².